The van der Waals surface area contributed by atoms with E-state index in [0.29, 0.717) is 25.7 Å². The smallest absolute Gasteiger partial charge is 0.462 e. The van der Waals surface area contributed by atoms with Crippen molar-refractivity contribution in [3.63, 3.8) is 0 Å². The molecule has 0 spiro atoms. The average molecular weight is 1420 g/mol. The summed E-state index contributed by atoms with van der Waals surface area (Å²) in [6.45, 7) is 4.41. The van der Waals surface area contributed by atoms with Gasteiger partial charge in [-0.3, -0.25) is 37.3 Å². The van der Waals surface area contributed by atoms with Crippen molar-refractivity contribution in [2.75, 3.05) is 39.6 Å². The molecule has 0 saturated heterocycles. The van der Waals surface area contributed by atoms with Crippen molar-refractivity contribution in [3.8, 4) is 0 Å². The molecule has 0 saturated carbocycles. The van der Waals surface area contributed by atoms with Crippen LogP contribution in [0.25, 0.3) is 0 Å². The van der Waals surface area contributed by atoms with Crippen LogP contribution in [0.3, 0.4) is 0 Å². The van der Waals surface area contributed by atoms with Crippen molar-refractivity contribution in [3.05, 3.63) is 134 Å². The summed E-state index contributed by atoms with van der Waals surface area (Å²) in [6.07, 6.45) is 77.6. The maximum absolute atomic E-state index is 13.1. The summed E-state index contributed by atoms with van der Waals surface area (Å²) in [5, 5.41) is 10.6. The lowest BCUT2D eigenvalue weighted by Crippen LogP contribution is -2.30. The normalized spacial score (nSPS) is 14.7. The number of esters is 4. The molecule has 19 heteroatoms. The van der Waals surface area contributed by atoms with Crippen LogP contribution in [0.2, 0.25) is 0 Å². The number of carbonyl (C=O) groups is 4. The fraction of sp³-hybridized carbons (Fsp3) is 0.671. The zero-order valence-electron chi connectivity index (χ0n) is 60.9. The molecular formula is C79H132O17P2. The van der Waals surface area contributed by atoms with Crippen molar-refractivity contribution in [1.82, 2.24) is 0 Å². The second kappa shape index (κ2) is 70.6. The molecule has 98 heavy (non-hydrogen) atoms. The first-order valence-corrected chi connectivity index (χ1v) is 40.4. The van der Waals surface area contributed by atoms with Crippen molar-refractivity contribution in [2.24, 2.45) is 0 Å². The average Bonchev–Trinajstić information content (AvgIpc) is 0.971. The van der Waals surface area contributed by atoms with Gasteiger partial charge in [0, 0.05) is 19.3 Å². The van der Waals surface area contributed by atoms with Gasteiger partial charge in [0.15, 0.2) is 12.2 Å². The Kier molecular flexibility index (Phi) is 67.2. The van der Waals surface area contributed by atoms with Crippen LogP contribution in [0, 0.1) is 0 Å². The summed E-state index contributed by atoms with van der Waals surface area (Å²) in [6, 6.07) is 0. The predicted octanol–water partition coefficient (Wildman–Crippen LogP) is 21.3. The van der Waals surface area contributed by atoms with E-state index in [1.807, 2.05) is 18.2 Å². The van der Waals surface area contributed by atoms with Crippen LogP contribution in [-0.4, -0.2) is 96.7 Å². The van der Waals surface area contributed by atoms with Crippen molar-refractivity contribution in [1.29, 1.82) is 0 Å². The van der Waals surface area contributed by atoms with Gasteiger partial charge in [-0.05, 0) is 116 Å². The van der Waals surface area contributed by atoms with Crippen LogP contribution < -0.4 is 0 Å². The molecule has 0 aliphatic rings. The van der Waals surface area contributed by atoms with E-state index in [-0.39, 0.29) is 25.7 Å². The molecule has 0 aliphatic carbocycles. The Hall–Kier alpha value is -4.80. The van der Waals surface area contributed by atoms with Crippen LogP contribution >= 0.6 is 15.6 Å². The summed E-state index contributed by atoms with van der Waals surface area (Å²) >= 11 is 0. The molecule has 0 aromatic rings. The molecule has 0 heterocycles. The number of rotatable bonds is 69. The summed E-state index contributed by atoms with van der Waals surface area (Å²) < 4.78 is 68.3. The Balaban J connectivity index is 5.43. The van der Waals surface area contributed by atoms with Crippen LogP contribution in [-0.2, 0) is 65.4 Å². The number of aliphatic hydroxyl groups is 1. The Morgan fingerprint density at radius 1 is 0.306 bits per heavy atom. The molecule has 0 bridgehead atoms. The lowest BCUT2D eigenvalue weighted by atomic mass is 10.0. The first-order valence-electron chi connectivity index (χ1n) is 37.4. The van der Waals surface area contributed by atoms with E-state index in [9.17, 15) is 43.2 Å². The molecule has 560 valence electrons. The molecule has 0 aromatic heterocycles. The van der Waals surface area contributed by atoms with E-state index in [2.05, 4.69) is 137 Å². The monoisotopic (exact) mass is 1410 g/mol. The van der Waals surface area contributed by atoms with E-state index in [4.69, 9.17) is 37.0 Å². The minimum Gasteiger partial charge on any atom is -0.462 e. The van der Waals surface area contributed by atoms with Crippen LogP contribution in [0.4, 0.5) is 0 Å². The van der Waals surface area contributed by atoms with Gasteiger partial charge in [-0.2, -0.15) is 0 Å². The highest BCUT2D eigenvalue weighted by Gasteiger charge is 2.30. The summed E-state index contributed by atoms with van der Waals surface area (Å²) in [4.78, 5) is 72.7. The molecule has 17 nitrogen and oxygen atoms in total. The summed E-state index contributed by atoms with van der Waals surface area (Å²) in [5.41, 5.74) is 0. The van der Waals surface area contributed by atoms with E-state index in [1.54, 1.807) is 6.08 Å². The SMILES string of the molecule is CC/C=C\C/C=C\C/C=C\C/C=C\C/C=C\CC(=O)OCC(COP(=O)(O)OCC(O)COP(=O)(O)OCC(COC(=O)CCCCCC/C=C\C/C=C\C/C=C\C/C=C\CC)OC(=O)CCCCCCCCCCCCCCC)OC(=O)CCCCCCC/C=C\C/C=C\CCC. The van der Waals surface area contributed by atoms with Crippen LogP contribution in [0.15, 0.2) is 134 Å². The van der Waals surface area contributed by atoms with Crippen LogP contribution in [0.5, 0.6) is 0 Å². The Labute approximate surface area is 593 Å². The van der Waals surface area contributed by atoms with Gasteiger partial charge < -0.3 is 33.8 Å². The standard InChI is InChI=1S/C79H132O17P2/c1-5-9-13-17-21-25-29-33-35-36-38-42-44-48-52-56-60-64-77(82)90-70-75(96-79(84)66-62-58-54-50-46-40-32-28-24-20-16-12-8-4)72-94-98(87,88)92-68-73(80)67-91-97(85,86)93-71-74(95-78(83)65-61-57-53-49-45-39-31-27-23-19-15-11-7-3)69-89-76(81)63-59-55-51-47-43-41-37-34-30-26-22-18-14-10-6-2/h9-10,13-15,19,21-22,25-27,31,33-35,37-38,42-43,47,55,59,73-75,80H,5-8,11-12,16-18,20,23-24,28-30,32,36,39-41,44-46,48-54,56-58,60-72H2,1-4H3,(H,85,86)(H,87,88)/b13-9-,14-10-,19-15-,25-21-,26-22-,31-27-,35-33-,37-34-,42-38-,47-43-,59-55-. The highest BCUT2D eigenvalue weighted by atomic mass is 31.2. The van der Waals surface area contributed by atoms with Gasteiger partial charge in [0.25, 0.3) is 0 Å². The fourth-order valence-electron chi connectivity index (χ4n) is 9.50. The quantitative estimate of drug-likeness (QED) is 0.0169. The molecule has 0 aromatic carbocycles. The van der Waals surface area contributed by atoms with Crippen molar-refractivity contribution in [2.45, 2.75) is 303 Å². The minimum atomic E-state index is -5.00. The second-order valence-corrected chi connectivity index (χ2v) is 27.4. The van der Waals surface area contributed by atoms with E-state index in [0.717, 1.165) is 154 Å². The van der Waals surface area contributed by atoms with E-state index >= 15 is 0 Å². The van der Waals surface area contributed by atoms with Crippen molar-refractivity contribution < 1.29 is 80.2 Å². The molecule has 0 amide bonds. The third-order valence-electron chi connectivity index (χ3n) is 15.1. The number of hydrogen-bond acceptors (Lipinski definition) is 15. The summed E-state index contributed by atoms with van der Waals surface area (Å²) in [5.74, 6) is -2.37. The first kappa shape index (κ1) is 93.2. The minimum absolute atomic E-state index is 0.0560. The highest BCUT2D eigenvalue weighted by molar-refractivity contribution is 7.47. The predicted molar refractivity (Wildman–Crippen MR) is 399 cm³/mol. The number of carbonyl (C=O) groups excluding carboxylic acids is 4. The molecule has 0 rings (SSSR count). The topological polar surface area (TPSA) is 237 Å². The molecule has 0 fully saturated rings. The number of aliphatic hydroxyl groups excluding tert-OH is 1. The molecule has 5 unspecified atom stereocenters. The van der Waals surface area contributed by atoms with E-state index in [1.165, 1.54) is 51.4 Å². The lowest BCUT2D eigenvalue weighted by molar-refractivity contribution is -0.161. The van der Waals surface area contributed by atoms with Gasteiger partial charge in [0.1, 0.15) is 19.3 Å². The van der Waals surface area contributed by atoms with E-state index < -0.39 is 97.5 Å². The Morgan fingerprint density at radius 3 is 0.949 bits per heavy atom. The lowest BCUT2D eigenvalue weighted by Gasteiger charge is -2.21. The van der Waals surface area contributed by atoms with Gasteiger partial charge in [-0.15, -0.1) is 0 Å². The van der Waals surface area contributed by atoms with Gasteiger partial charge in [0.05, 0.1) is 32.8 Å². The number of allylic oxidation sites excluding steroid dienone is 21. The third kappa shape index (κ3) is 69.7. The molecular weight excluding hydrogens is 1280 g/mol. The maximum atomic E-state index is 13.1. The molecule has 0 radical (unpaired) electrons. The van der Waals surface area contributed by atoms with Gasteiger partial charge in [-0.25, -0.2) is 9.13 Å². The van der Waals surface area contributed by atoms with Gasteiger partial charge in [-0.1, -0.05) is 277 Å². The zero-order valence-corrected chi connectivity index (χ0v) is 62.7. The number of hydrogen-bond donors (Lipinski definition) is 3. The number of unbranched alkanes of at least 4 members (excludes halogenated alkanes) is 22. The maximum Gasteiger partial charge on any atom is 0.472 e. The first-order chi connectivity index (χ1) is 47.7. The fourth-order valence-corrected chi connectivity index (χ4v) is 11.1. The summed E-state index contributed by atoms with van der Waals surface area (Å²) in [7, 11) is -9.98. The largest absolute Gasteiger partial charge is 0.472 e. The molecule has 0 aliphatic heterocycles. The number of ether oxygens (including phenoxy) is 4. The van der Waals surface area contributed by atoms with Crippen molar-refractivity contribution >= 4 is 39.5 Å². The molecule has 5 atom stereocenters. The Morgan fingerprint density at radius 2 is 0.592 bits per heavy atom. The van der Waals surface area contributed by atoms with Gasteiger partial charge >= 0.3 is 39.5 Å². The zero-order chi connectivity index (χ0) is 71.8. The van der Waals surface area contributed by atoms with Crippen LogP contribution in [0.1, 0.15) is 285 Å². The highest BCUT2D eigenvalue weighted by Crippen LogP contribution is 2.45. The third-order valence-corrected chi connectivity index (χ3v) is 17.0. The molecule has 3 N–H and O–H groups in total. The number of phosphoric acid groups is 2. The number of phosphoric ester groups is 2. The Bertz CT molecular complexity index is 2380. The van der Waals surface area contributed by atoms with Gasteiger partial charge in [0.2, 0.25) is 0 Å². The second-order valence-electron chi connectivity index (χ2n) is 24.5.